The Balaban J connectivity index is 4.25. The van der Waals surface area contributed by atoms with Gasteiger partial charge in [-0.2, -0.15) is 0 Å². The molecule has 1 unspecified atom stereocenters. The van der Waals surface area contributed by atoms with Gasteiger partial charge in [0.25, 0.3) is 0 Å². The van der Waals surface area contributed by atoms with Gasteiger partial charge in [-0.3, -0.25) is 18.6 Å². The zero-order valence-electron chi connectivity index (χ0n) is 38.9. The molecule has 0 rings (SSSR count). The van der Waals surface area contributed by atoms with Gasteiger partial charge in [0.05, 0.1) is 19.8 Å². The molecular weight excluding hydrogens is 792 g/mol. The maximum absolute atomic E-state index is 12.6. The van der Waals surface area contributed by atoms with Crippen molar-refractivity contribution in [2.45, 2.75) is 232 Å². The number of phosphoric acid groups is 1. The first-order valence-electron chi connectivity index (χ1n) is 24.6. The van der Waals surface area contributed by atoms with Gasteiger partial charge in [0.15, 0.2) is 6.10 Å². The molecule has 0 aromatic carbocycles. The molecule has 3 N–H and O–H groups in total. The number of hydrogen-bond donors (Lipinski definition) is 3. The Morgan fingerprint density at radius 1 is 0.492 bits per heavy atom. The fraction of sp³-hybridized carbons (Fsp3) is 0.800. The monoisotopic (exact) mass is 883 g/mol. The Kier molecular flexibility index (Phi) is 44.4. The summed E-state index contributed by atoms with van der Waals surface area (Å²) < 4.78 is 32.7. The van der Waals surface area contributed by atoms with Crippen LogP contribution in [0.2, 0.25) is 0 Å². The molecule has 61 heavy (non-hydrogen) atoms. The Labute approximate surface area is 373 Å². The summed E-state index contributed by atoms with van der Waals surface area (Å²) in [6, 6.07) is 0. The first-order chi connectivity index (χ1) is 29.7. The molecular formula is C50H91O10P. The minimum Gasteiger partial charge on any atom is -0.462 e. The van der Waals surface area contributed by atoms with Crippen molar-refractivity contribution in [3.63, 3.8) is 0 Å². The van der Waals surface area contributed by atoms with Crippen LogP contribution >= 0.6 is 7.82 Å². The number of hydrogen-bond acceptors (Lipinski definition) is 9. The maximum Gasteiger partial charge on any atom is 0.472 e. The van der Waals surface area contributed by atoms with E-state index in [0.717, 1.165) is 44.9 Å². The van der Waals surface area contributed by atoms with Gasteiger partial charge in [0, 0.05) is 12.8 Å². The Morgan fingerprint density at radius 3 is 1.38 bits per heavy atom. The van der Waals surface area contributed by atoms with E-state index < -0.39 is 51.8 Å². The summed E-state index contributed by atoms with van der Waals surface area (Å²) in [6.45, 7) is 2.30. The minimum absolute atomic E-state index is 0.128. The summed E-state index contributed by atoms with van der Waals surface area (Å²) in [4.78, 5) is 35.1. The highest BCUT2D eigenvalue weighted by molar-refractivity contribution is 7.47. The Bertz CT molecular complexity index is 1150. The van der Waals surface area contributed by atoms with Gasteiger partial charge in [0.1, 0.15) is 12.7 Å². The molecule has 0 amide bonds. The number of rotatable bonds is 46. The van der Waals surface area contributed by atoms with Crippen LogP contribution in [0.4, 0.5) is 0 Å². The van der Waals surface area contributed by atoms with Crippen LogP contribution in [0.5, 0.6) is 0 Å². The van der Waals surface area contributed by atoms with Crippen molar-refractivity contribution >= 4 is 19.8 Å². The number of aliphatic hydroxyl groups is 2. The summed E-state index contributed by atoms with van der Waals surface area (Å²) in [6.07, 6.45) is 51.0. The summed E-state index contributed by atoms with van der Waals surface area (Å²) in [5.74, 6) is -1.00. The molecule has 0 radical (unpaired) electrons. The van der Waals surface area contributed by atoms with Crippen LogP contribution in [0.3, 0.4) is 0 Å². The zero-order valence-corrected chi connectivity index (χ0v) is 39.8. The molecule has 10 nitrogen and oxygen atoms in total. The molecule has 0 heterocycles. The lowest BCUT2D eigenvalue weighted by molar-refractivity contribution is -0.161. The second kappa shape index (κ2) is 45.9. The van der Waals surface area contributed by atoms with Gasteiger partial charge in [-0.1, -0.05) is 184 Å². The van der Waals surface area contributed by atoms with E-state index in [1.807, 2.05) is 0 Å². The Morgan fingerprint density at radius 2 is 0.869 bits per heavy atom. The van der Waals surface area contributed by atoms with Crippen LogP contribution in [0.1, 0.15) is 219 Å². The van der Waals surface area contributed by atoms with Crippen molar-refractivity contribution in [1.82, 2.24) is 0 Å². The lowest BCUT2D eigenvalue weighted by Gasteiger charge is -2.20. The van der Waals surface area contributed by atoms with Gasteiger partial charge in [-0.25, -0.2) is 4.57 Å². The molecule has 356 valence electrons. The molecule has 3 atom stereocenters. The van der Waals surface area contributed by atoms with Crippen molar-refractivity contribution in [2.75, 3.05) is 26.4 Å². The average Bonchev–Trinajstić information content (AvgIpc) is 3.25. The second-order valence-corrected chi connectivity index (χ2v) is 17.9. The third kappa shape index (κ3) is 45.8. The molecule has 0 saturated heterocycles. The normalized spacial score (nSPS) is 14.1. The highest BCUT2D eigenvalue weighted by Gasteiger charge is 2.27. The van der Waals surface area contributed by atoms with Crippen molar-refractivity contribution in [3.05, 3.63) is 48.6 Å². The lowest BCUT2D eigenvalue weighted by atomic mass is 10.0. The zero-order chi connectivity index (χ0) is 44.8. The molecule has 0 saturated carbocycles. The van der Waals surface area contributed by atoms with Gasteiger partial charge >= 0.3 is 19.8 Å². The number of allylic oxidation sites excluding steroid dienone is 8. The summed E-state index contributed by atoms with van der Waals surface area (Å²) in [5.41, 5.74) is 0. The predicted octanol–water partition coefficient (Wildman–Crippen LogP) is 13.7. The summed E-state index contributed by atoms with van der Waals surface area (Å²) in [5, 5.41) is 18.4. The third-order valence-electron chi connectivity index (χ3n) is 10.5. The standard InChI is InChI=1S/C50H91O10P/c1-3-5-7-9-11-13-15-17-19-20-21-22-23-24-25-26-28-30-32-34-36-38-40-42-50(54)60-48(46-59-61(55,56)58-44-47(52)43-51)45-57-49(53)41-39-37-35-33-31-29-27-18-16-14-12-10-8-6-4-2/h12,14,18,27,31,33-34,36,47-48,51-52H,3-11,13,15-17,19-26,28-30,32,35,37-46H2,1-2H3,(H,55,56)/b14-12+,27-18+,33-31+,36-34+/t47-,48+/m0/s1. The maximum atomic E-state index is 12.6. The highest BCUT2D eigenvalue weighted by atomic mass is 31.2. The first kappa shape index (κ1) is 58.9. The lowest BCUT2D eigenvalue weighted by Crippen LogP contribution is -2.29. The number of phosphoric ester groups is 1. The van der Waals surface area contributed by atoms with E-state index in [9.17, 15) is 24.2 Å². The van der Waals surface area contributed by atoms with Crippen molar-refractivity contribution < 1.29 is 47.8 Å². The number of carbonyl (C=O) groups excluding carboxylic acids is 2. The molecule has 0 aliphatic rings. The minimum atomic E-state index is -4.64. The van der Waals surface area contributed by atoms with E-state index in [2.05, 4.69) is 62.5 Å². The molecule has 0 bridgehead atoms. The van der Waals surface area contributed by atoms with Gasteiger partial charge in [0.2, 0.25) is 0 Å². The average molecular weight is 883 g/mol. The van der Waals surface area contributed by atoms with Gasteiger partial charge in [-0.15, -0.1) is 0 Å². The van der Waals surface area contributed by atoms with E-state index in [1.54, 1.807) is 0 Å². The largest absolute Gasteiger partial charge is 0.472 e. The van der Waals surface area contributed by atoms with Crippen molar-refractivity contribution in [1.29, 1.82) is 0 Å². The summed E-state index contributed by atoms with van der Waals surface area (Å²) >= 11 is 0. The van der Waals surface area contributed by atoms with E-state index >= 15 is 0 Å². The van der Waals surface area contributed by atoms with Crippen LogP contribution in [-0.2, 0) is 32.7 Å². The second-order valence-electron chi connectivity index (χ2n) is 16.5. The van der Waals surface area contributed by atoms with Gasteiger partial charge < -0.3 is 24.6 Å². The van der Waals surface area contributed by atoms with Crippen LogP contribution < -0.4 is 0 Å². The molecule has 0 aliphatic carbocycles. The fourth-order valence-corrected chi connectivity index (χ4v) is 7.44. The van der Waals surface area contributed by atoms with Crippen molar-refractivity contribution in [3.8, 4) is 0 Å². The predicted molar refractivity (Wildman–Crippen MR) is 251 cm³/mol. The Hall–Kier alpha value is -2.07. The number of aliphatic hydroxyl groups excluding tert-OH is 2. The van der Waals surface area contributed by atoms with E-state index in [1.165, 1.54) is 135 Å². The molecule has 0 spiro atoms. The van der Waals surface area contributed by atoms with Gasteiger partial charge in [-0.05, 0) is 70.6 Å². The number of esters is 2. The number of unbranched alkanes of at least 4 members (excludes halogenated alkanes) is 24. The fourth-order valence-electron chi connectivity index (χ4n) is 6.65. The molecule has 0 aromatic heterocycles. The van der Waals surface area contributed by atoms with Crippen LogP contribution in [0.25, 0.3) is 0 Å². The summed E-state index contributed by atoms with van der Waals surface area (Å²) in [7, 11) is -4.64. The van der Waals surface area contributed by atoms with Crippen LogP contribution in [0, 0.1) is 0 Å². The van der Waals surface area contributed by atoms with Crippen LogP contribution in [0.15, 0.2) is 48.6 Å². The van der Waals surface area contributed by atoms with E-state index in [4.69, 9.17) is 23.6 Å². The third-order valence-corrected chi connectivity index (χ3v) is 11.4. The van der Waals surface area contributed by atoms with E-state index in [0.29, 0.717) is 12.8 Å². The molecule has 0 aromatic rings. The highest BCUT2D eigenvalue weighted by Crippen LogP contribution is 2.43. The van der Waals surface area contributed by atoms with E-state index in [-0.39, 0.29) is 19.4 Å². The smallest absolute Gasteiger partial charge is 0.462 e. The molecule has 0 fully saturated rings. The number of carbonyl (C=O) groups is 2. The van der Waals surface area contributed by atoms with Crippen LogP contribution in [-0.4, -0.2) is 65.7 Å². The molecule has 0 aliphatic heterocycles. The van der Waals surface area contributed by atoms with Crippen molar-refractivity contribution in [2.24, 2.45) is 0 Å². The number of ether oxygens (including phenoxy) is 2. The quantitative estimate of drug-likeness (QED) is 0.0233. The first-order valence-corrected chi connectivity index (χ1v) is 26.1. The molecule has 11 heteroatoms. The SMILES string of the molecule is CCCCC/C=C/C/C=C/C/C=C/CCCCC(=O)OC[C@H](COP(=O)(O)OC[C@@H](O)CO)OC(=O)CCC/C=C/CCCCCCCCCCCCCCCCCCCC. The topological polar surface area (TPSA) is 149 Å².